The van der Waals surface area contributed by atoms with Gasteiger partial charge >= 0.3 is 0 Å². The van der Waals surface area contributed by atoms with E-state index in [1.807, 2.05) is 0 Å². The Morgan fingerprint density at radius 2 is 1.95 bits per heavy atom. The minimum Gasteiger partial charge on any atom is -0.371 e. The van der Waals surface area contributed by atoms with E-state index >= 15 is 0 Å². The van der Waals surface area contributed by atoms with E-state index in [4.69, 9.17) is 5.73 Å². The fourth-order valence-electron chi connectivity index (χ4n) is 2.57. The Morgan fingerprint density at radius 1 is 1.25 bits per heavy atom. The van der Waals surface area contributed by atoms with E-state index in [2.05, 4.69) is 61.7 Å². The number of hydrogen-bond donors (Lipinski definition) is 1. The van der Waals surface area contributed by atoms with Crippen LogP contribution in [-0.4, -0.2) is 29.6 Å². The molecule has 0 amide bonds. The minimum absolute atomic E-state index is 0.288. The highest BCUT2D eigenvalue weighted by Gasteiger charge is 2.23. The first-order chi connectivity index (χ1) is 9.50. The van der Waals surface area contributed by atoms with Crippen LogP contribution in [-0.2, 0) is 6.42 Å². The second-order valence-electron chi connectivity index (χ2n) is 6.38. The molecule has 2 N–H and O–H groups in total. The van der Waals surface area contributed by atoms with Crippen molar-refractivity contribution in [2.75, 3.05) is 23.7 Å². The van der Waals surface area contributed by atoms with Crippen molar-refractivity contribution in [1.29, 1.82) is 0 Å². The largest absolute Gasteiger partial charge is 0.371 e. The molecule has 1 aliphatic rings. The average Bonchev–Trinajstić information content (AvgIpc) is 2.60. The predicted molar refractivity (Wildman–Crippen MR) is 91.8 cm³/mol. The summed E-state index contributed by atoms with van der Waals surface area (Å²) < 4.78 is 0.419. The normalized spacial score (nSPS) is 20.5. The molecular weight excluding hydrogens is 264 g/mol. The molecule has 0 aromatic heterocycles. The molecule has 1 heterocycles. The Labute approximate surface area is 128 Å². The Morgan fingerprint density at radius 3 is 2.60 bits per heavy atom. The van der Waals surface area contributed by atoms with Crippen LogP contribution in [0.1, 0.15) is 39.2 Å². The molecule has 1 fully saturated rings. The Bertz CT molecular complexity index is 414. The molecule has 1 atom stereocenters. The highest BCUT2D eigenvalue weighted by Crippen LogP contribution is 2.32. The van der Waals surface area contributed by atoms with Gasteiger partial charge in [0.25, 0.3) is 0 Å². The Hall–Kier alpha value is -0.670. The van der Waals surface area contributed by atoms with Gasteiger partial charge in [0.15, 0.2) is 0 Å². The summed E-state index contributed by atoms with van der Waals surface area (Å²) in [7, 11) is 0. The zero-order valence-corrected chi connectivity index (χ0v) is 13.9. The van der Waals surface area contributed by atoms with E-state index in [0.717, 1.165) is 25.9 Å². The molecule has 3 heteroatoms. The number of benzene rings is 1. The molecular formula is C17H28N2S. The summed E-state index contributed by atoms with van der Waals surface area (Å²) in [6, 6.07) is 9.31. The molecule has 20 heavy (non-hydrogen) atoms. The minimum atomic E-state index is 0.288. The molecule has 0 bridgehead atoms. The molecule has 0 aliphatic carbocycles. The lowest BCUT2D eigenvalue weighted by atomic mass is 10.0. The van der Waals surface area contributed by atoms with Crippen molar-refractivity contribution in [3.63, 3.8) is 0 Å². The zero-order valence-electron chi connectivity index (χ0n) is 13.1. The van der Waals surface area contributed by atoms with Gasteiger partial charge in [0.1, 0.15) is 0 Å². The average molecular weight is 292 g/mol. The first-order valence-electron chi connectivity index (χ1n) is 7.73. The van der Waals surface area contributed by atoms with Gasteiger partial charge in [-0.25, -0.2) is 0 Å². The fraction of sp³-hybridized carbons (Fsp3) is 0.647. The molecule has 112 valence electrons. The summed E-state index contributed by atoms with van der Waals surface area (Å²) >= 11 is 2.10. The highest BCUT2D eigenvalue weighted by molar-refractivity contribution is 8.00. The first kappa shape index (κ1) is 15.7. The SMILES string of the molecule is CCC(N)Cc1ccc(N2CCSC(C)(C)CC2)cc1. The van der Waals surface area contributed by atoms with Gasteiger partial charge in [0, 0.05) is 35.3 Å². The van der Waals surface area contributed by atoms with Gasteiger partial charge < -0.3 is 10.6 Å². The van der Waals surface area contributed by atoms with Gasteiger partial charge in [-0.15, -0.1) is 0 Å². The summed E-state index contributed by atoms with van der Waals surface area (Å²) in [6.07, 6.45) is 3.28. The number of thioether (sulfide) groups is 1. The molecule has 0 radical (unpaired) electrons. The summed E-state index contributed by atoms with van der Waals surface area (Å²) in [4.78, 5) is 2.52. The third-order valence-electron chi connectivity index (χ3n) is 4.16. The van der Waals surface area contributed by atoms with Crippen LogP contribution in [0.15, 0.2) is 24.3 Å². The third kappa shape index (κ3) is 4.42. The molecule has 1 unspecified atom stereocenters. The summed E-state index contributed by atoms with van der Waals surface area (Å²) in [6.45, 7) is 9.18. The van der Waals surface area contributed by atoms with Crippen LogP contribution in [0.2, 0.25) is 0 Å². The second kappa shape index (κ2) is 6.86. The van der Waals surface area contributed by atoms with E-state index < -0.39 is 0 Å². The van der Waals surface area contributed by atoms with Gasteiger partial charge in [0.05, 0.1) is 0 Å². The van der Waals surface area contributed by atoms with Gasteiger partial charge in [-0.1, -0.05) is 32.9 Å². The van der Waals surface area contributed by atoms with Crippen LogP contribution in [0.3, 0.4) is 0 Å². The molecule has 0 saturated carbocycles. The monoisotopic (exact) mass is 292 g/mol. The molecule has 2 nitrogen and oxygen atoms in total. The standard InChI is InChI=1S/C17H28N2S/c1-4-15(18)13-14-5-7-16(8-6-14)19-10-9-17(2,3)20-12-11-19/h5-8,15H,4,9-13,18H2,1-3H3. The molecule has 1 aliphatic heterocycles. The van der Waals surface area contributed by atoms with E-state index in [9.17, 15) is 0 Å². The predicted octanol–water partition coefficient (Wildman–Crippen LogP) is 3.69. The molecule has 1 aromatic rings. The van der Waals surface area contributed by atoms with Crippen LogP contribution in [0.4, 0.5) is 5.69 Å². The summed E-state index contributed by atoms with van der Waals surface area (Å²) in [5.41, 5.74) is 8.74. The van der Waals surface area contributed by atoms with Crippen LogP contribution in [0, 0.1) is 0 Å². The van der Waals surface area contributed by atoms with Crippen molar-refractivity contribution in [2.45, 2.75) is 50.8 Å². The van der Waals surface area contributed by atoms with Crippen molar-refractivity contribution in [3.05, 3.63) is 29.8 Å². The quantitative estimate of drug-likeness (QED) is 0.917. The zero-order chi connectivity index (χ0) is 14.6. The van der Waals surface area contributed by atoms with Crippen LogP contribution in [0.5, 0.6) is 0 Å². The lowest BCUT2D eigenvalue weighted by Crippen LogP contribution is -2.27. The van der Waals surface area contributed by atoms with Crippen molar-refractivity contribution in [3.8, 4) is 0 Å². The highest BCUT2D eigenvalue weighted by atomic mass is 32.2. The van der Waals surface area contributed by atoms with Crippen molar-refractivity contribution in [1.82, 2.24) is 0 Å². The van der Waals surface area contributed by atoms with Crippen LogP contribution >= 0.6 is 11.8 Å². The first-order valence-corrected chi connectivity index (χ1v) is 8.72. The lowest BCUT2D eigenvalue weighted by molar-refractivity contribution is 0.637. The van der Waals surface area contributed by atoms with Crippen molar-refractivity contribution in [2.24, 2.45) is 5.73 Å². The summed E-state index contributed by atoms with van der Waals surface area (Å²) in [5.74, 6) is 1.22. The molecule has 1 saturated heterocycles. The number of hydrogen-bond acceptors (Lipinski definition) is 3. The number of rotatable bonds is 4. The molecule has 1 aromatic carbocycles. The topological polar surface area (TPSA) is 29.3 Å². The number of anilines is 1. The summed E-state index contributed by atoms with van der Waals surface area (Å²) in [5, 5.41) is 0. The maximum absolute atomic E-state index is 6.02. The van der Waals surface area contributed by atoms with Gasteiger partial charge in [-0.3, -0.25) is 0 Å². The van der Waals surface area contributed by atoms with Crippen molar-refractivity contribution >= 4 is 17.4 Å². The van der Waals surface area contributed by atoms with Gasteiger partial charge in [-0.05, 0) is 37.0 Å². The maximum Gasteiger partial charge on any atom is 0.0366 e. The Balaban J connectivity index is 1.99. The molecule has 0 spiro atoms. The van der Waals surface area contributed by atoms with E-state index in [-0.39, 0.29) is 6.04 Å². The Kier molecular flexibility index (Phi) is 5.39. The fourth-order valence-corrected chi connectivity index (χ4v) is 3.67. The van der Waals surface area contributed by atoms with E-state index in [1.165, 1.54) is 23.4 Å². The van der Waals surface area contributed by atoms with Gasteiger partial charge in [0.2, 0.25) is 0 Å². The number of nitrogens with zero attached hydrogens (tertiary/aromatic N) is 1. The number of nitrogens with two attached hydrogens (primary N) is 1. The van der Waals surface area contributed by atoms with E-state index in [1.54, 1.807) is 0 Å². The van der Waals surface area contributed by atoms with Gasteiger partial charge in [-0.2, -0.15) is 11.8 Å². The lowest BCUT2D eigenvalue weighted by Gasteiger charge is -2.24. The third-order valence-corrected chi connectivity index (χ3v) is 5.53. The second-order valence-corrected chi connectivity index (χ2v) is 8.19. The smallest absolute Gasteiger partial charge is 0.0366 e. The van der Waals surface area contributed by atoms with Crippen LogP contribution in [0.25, 0.3) is 0 Å². The van der Waals surface area contributed by atoms with Crippen LogP contribution < -0.4 is 10.6 Å². The van der Waals surface area contributed by atoms with E-state index in [0.29, 0.717) is 4.75 Å². The maximum atomic E-state index is 6.02. The molecule has 2 rings (SSSR count). The van der Waals surface area contributed by atoms with Crippen molar-refractivity contribution < 1.29 is 0 Å².